The van der Waals surface area contributed by atoms with E-state index in [1.807, 2.05) is 30.5 Å². The Balaban J connectivity index is 1.99. The van der Waals surface area contributed by atoms with Gasteiger partial charge in [-0.2, -0.15) is 0 Å². The minimum Gasteiger partial charge on any atom is -0.365 e. The zero-order valence-electron chi connectivity index (χ0n) is 12.4. The normalized spacial score (nSPS) is 17.9. The fraction of sp³-hybridized carbons (Fsp3) is 0.471. The highest BCUT2D eigenvalue weighted by molar-refractivity contribution is 5.85. The van der Waals surface area contributed by atoms with Crippen molar-refractivity contribution in [3.8, 4) is 0 Å². The third-order valence-electron chi connectivity index (χ3n) is 3.98. The maximum Gasteiger partial charge on any atom is 0.266 e. The number of benzene rings is 1. The first-order chi connectivity index (χ1) is 9.94. The molecule has 0 amide bonds. The SMILES string of the molecule is CC(C)Cc1ccnc2ccc(N3CCC(F)(F)C3)cc12. The van der Waals surface area contributed by atoms with E-state index < -0.39 is 5.92 Å². The van der Waals surface area contributed by atoms with E-state index in [1.54, 1.807) is 4.90 Å². The van der Waals surface area contributed by atoms with Crippen LogP contribution in [0.4, 0.5) is 14.5 Å². The average Bonchev–Trinajstić information content (AvgIpc) is 2.78. The Hall–Kier alpha value is -1.71. The number of alkyl halides is 2. The summed E-state index contributed by atoms with van der Waals surface area (Å²) < 4.78 is 26.8. The number of hydrogen-bond donors (Lipinski definition) is 0. The van der Waals surface area contributed by atoms with E-state index in [9.17, 15) is 8.78 Å². The van der Waals surface area contributed by atoms with Crippen LogP contribution in [0.1, 0.15) is 25.8 Å². The van der Waals surface area contributed by atoms with Crippen LogP contribution in [0.15, 0.2) is 30.5 Å². The van der Waals surface area contributed by atoms with Crippen molar-refractivity contribution in [1.29, 1.82) is 0 Å². The highest BCUT2D eigenvalue weighted by atomic mass is 19.3. The molecule has 21 heavy (non-hydrogen) atoms. The molecule has 3 rings (SSSR count). The van der Waals surface area contributed by atoms with Gasteiger partial charge in [0.15, 0.2) is 0 Å². The van der Waals surface area contributed by atoms with Gasteiger partial charge in [0.25, 0.3) is 5.92 Å². The van der Waals surface area contributed by atoms with Crippen molar-refractivity contribution in [2.75, 3.05) is 18.0 Å². The van der Waals surface area contributed by atoms with E-state index in [0.29, 0.717) is 12.5 Å². The third-order valence-corrected chi connectivity index (χ3v) is 3.98. The van der Waals surface area contributed by atoms with Crippen LogP contribution in [0.25, 0.3) is 10.9 Å². The van der Waals surface area contributed by atoms with Crippen molar-refractivity contribution in [2.24, 2.45) is 5.92 Å². The Bertz CT molecular complexity index is 652. The zero-order valence-corrected chi connectivity index (χ0v) is 12.4. The van der Waals surface area contributed by atoms with Gasteiger partial charge in [-0.1, -0.05) is 13.8 Å². The Morgan fingerprint density at radius 2 is 2.10 bits per heavy atom. The summed E-state index contributed by atoms with van der Waals surface area (Å²) in [5, 5.41) is 1.08. The molecular weight excluding hydrogens is 270 g/mol. The number of halogens is 2. The molecule has 0 spiro atoms. The van der Waals surface area contributed by atoms with Crippen LogP contribution in [-0.4, -0.2) is 24.0 Å². The monoisotopic (exact) mass is 290 g/mol. The highest BCUT2D eigenvalue weighted by Crippen LogP contribution is 2.32. The lowest BCUT2D eigenvalue weighted by Gasteiger charge is -2.19. The summed E-state index contributed by atoms with van der Waals surface area (Å²) in [6.45, 7) is 4.59. The van der Waals surface area contributed by atoms with Crippen LogP contribution in [-0.2, 0) is 6.42 Å². The highest BCUT2D eigenvalue weighted by Gasteiger charge is 2.38. The van der Waals surface area contributed by atoms with Gasteiger partial charge in [0, 0.05) is 30.2 Å². The molecule has 1 fully saturated rings. The number of aromatic nitrogens is 1. The lowest BCUT2D eigenvalue weighted by Crippen LogP contribution is -2.24. The molecule has 0 unspecified atom stereocenters. The van der Waals surface area contributed by atoms with E-state index in [4.69, 9.17) is 0 Å². The van der Waals surface area contributed by atoms with Gasteiger partial charge in [0.05, 0.1) is 12.1 Å². The van der Waals surface area contributed by atoms with Crippen LogP contribution >= 0.6 is 0 Å². The second-order valence-electron chi connectivity index (χ2n) is 6.30. The smallest absolute Gasteiger partial charge is 0.266 e. The second-order valence-corrected chi connectivity index (χ2v) is 6.30. The molecular formula is C17H20F2N2. The molecule has 1 aliphatic rings. The zero-order chi connectivity index (χ0) is 15.0. The first-order valence-corrected chi connectivity index (χ1v) is 7.45. The van der Waals surface area contributed by atoms with Crippen LogP contribution < -0.4 is 4.90 Å². The lowest BCUT2D eigenvalue weighted by atomic mass is 9.99. The second kappa shape index (κ2) is 5.24. The molecule has 1 aliphatic heterocycles. The van der Waals surface area contributed by atoms with Crippen molar-refractivity contribution in [3.63, 3.8) is 0 Å². The van der Waals surface area contributed by atoms with Crippen LogP contribution in [0.3, 0.4) is 0 Å². The summed E-state index contributed by atoms with van der Waals surface area (Å²) in [5.74, 6) is -2.01. The summed E-state index contributed by atoms with van der Waals surface area (Å²) in [6.07, 6.45) is 2.74. The fourth-order valence-electron chi connectivity index (χ4n) is 2.96. The van der Waals surface area contributed by atoms with Crippen LogP contribution in [0, 0.1) is 5.92 Å². The van der Waals surface area contributed by atoms with E-state index in [1.165, 1.54) is 5.56 Å². The molecule has 1 aromatic heterocycles. The van der Waals surface area contributed by atoms with E-state index >= 15 is 0 Å². The summed E-state index contributed by atoms with van der Waals surface area (Å²) in [4.78, 5) is 6.15. The fourth-order valence-corrected chi connectivity index (χ4v) is 2.96. The van der Waals surface area contributed by atoms with Crippen molar-refractivity contribution in [3.05, 3.63) is 36.0 Å². The third kappa shape index (κ3) is 2.99. The molecule has 0 aliphatic carbocycles. The van der Waals surface area contributed by atoms with Gasteiger partial charge in [-0.15, -0.1) is 0 Å². The van der Waals surface area contributed by atoms with Gasteiger partial charge in [-0.3, -0.25) is 4.98 Å². The van der Waals surface area contributed by atoms with Gasteiger partial charge < -0.3 is 4.90 Å². The lowest BCUT2D eigenvalue weighted by molar-refractivity contribution is 0.0257. The number of hydrogen-bond acceptors (Lipinski definition) is 2. The molecule has 0 atom stereocenters. The van der Waals surface area contributed by atoms with Crippen LogP contribution in [0.2, 0.25) is 0 Å². The van der Waals surface area contributed by atoms with E-state index in [-0.39, 0.29) is 13.0 Å². The van der Waals surface area contributed by atoms with Crippen LogP contribution in [0.5, 0.6) is 0 Å². The van der Waals surface area contributed by atoms with E-state index in [2.05, 4.69) is 18.8 Å². The number of fused-ring (bicyclic) bond motifs is 1. The summed E-state index contributed by atoms with van der Waals surface area (Å²) in [7, 11) is 0. The Labute approximate surface area is 123 Å². The molecule has 2 nitrogen and oxygen atoms in total. The average molecular weight is 290 g/mol. The standard InChI is InChI=1S/C17H20F2N2/c1-12(2)9-13-5-7-20-16-4-3-14(10-15(13)16)21-8-6-17(18,19)11-21/h3-5,7,10,12H,6,8-9,11H2,1-2H3. The number of anilines is 1. The maximum atomic E-state index is 13.4. The predicted octanol–water partition coefficient (Wildman–Crippen LogP) is 4.28. The van der Waals surface area contributed by atoms with E-state index in [0.717, 1.165) is 23.0 Å². The molecule has 0 bridgehead atoms. The Morgan fingerprint density at radius 1 is 1.29 bits per heavy atom. The summed E-state index contributed by atoms with van der Waals surface area (Å²) >= 11 is 0. The quantitative estimate of drug-likeness (QED) is 0.839. The first-order valence-electron chi connectivity index (χ1n) is 7.45. The molecule has 112 valence electrons. The van der Waals surface area contributed by atoms with Gasteiger partial charge in [-0.25, -0.2) is 8.78 Å². The van der Waals surface area contributed by atoms with Crippen molar-refractivity contribution in [2.45, 2.75) is 32.6 Å². The Kier molecular flexibility index (Phi) is 3.56. The molecule has 2 aromatic rings. The van der Waals surface area contributed by atoms with Gasteiger partial charge >= 0.3 is 0 Å². The molecule has 4 heteroatoms. The van der Waals surface area contributed by atoms with Gasteiger partial charge in [0.1, 0.15) is 0 Å². The predicted molar refractivity (Wildman–Crippen MR) is 82.1 cm³/mol. The molecule has 0 saturated carbocycles. The summed E-state index contributed by atoms with van der Waals surface area (Å²) in [6, 6.07) is 7.88. The minimum atomic E-state index is -2.56. The number of nitrogens with zero attached hydrogens (tertiary/aromatic N) is 2. The molecule has 1 saturated heterocycles. The largest absolute Gasteiger partial charge is 0.365 e. The van der Waals surface area contributed by atoms with Gasteiger partial charge in [0.2, 0.25) is 0 Å². The number of rotatable bonds is 3. The molecule has 2 heterocycles. The topological polar surface area (TPSA) is 16.1 Å². The molecule has 1 aromatic carbocycles. The number of pyridine rings is 1. The van der Waals surface area contributed by atoms with Crippen molar-refractivity contribution >= 4 is 16.6 Å². The maximum absolute atomic E-state index is 13.4. The Morgan fingerprint density at radius 3 is 2.76 bits per heavy atom. The van der Waals surface area contributed by atoms with Crippen molar-refractivity contribution in [1.82, 2.24) is 4.98 Å². The summed E-state index contributed by atoms with van der Waals surface area (Å²) in [5.41, 5.74) is 3.04. The first kappa shape index (κ1) is 14.2. The van der Waals surface area contributed by atoms with Gasteiger partial charge in [-0.05, 0) is 42.2 Å². The minimum absolute atomic E-state index is 0.0586. The molecule has 0 radical (unpaired) electrons. The van der Waals surface area contributed by atoms with Crippen molar-refractivity contribution < 1.29 is 8.78 Å². The molecule has 0 N–H and O–H groups in total.